The van der Waals surface area contributed by atoms with E-state index in [0.717, 1.165) is 11.1 Å². The Morgan fingerprint density at radius 1 is 1.07 bits per heavy atom. The van der Waals surface area contributed by atoms with Gasteiger partial charge in [-0.15, -0.1) is 0 Å². The molecule has 0 aliphatic rings. The fourth-order valence-corrected chi connectivity index (χ4v) is 3.10. The fourth-order valence-electron chi connectivity index (χ4n) is 3.10. The summed E-state index contributed by atoms with van der Waals surface area (Å²) < 4.78 is 0. The molecule has 0 aliphatic heterocycles. The highest BCUT2D eigenvalue weighted by molar-refractivity contribution is 5.99. The minimum Gasteiger partial charge on any atom is -0.338 e. The molecule has 0 atom stereocenters. The van der Waals surface area contributed by atoms with Gasteiger partial charge in [-0.05, 0) is 37.6 Å². The van der Waals surface area contributed by atoms with Crippen LogP contribution in [0.3, 0.4) is 0 Å². The second-order valence-corrected chi connectivity index (χ2v) is 7.02. The van der Waals surface area contributed by atoms with Crippen molar-refractivity contribution >= 4 is 22.6 Å². The molecule has 6 heteroatoms. The predicted octanol–water partition coefficient (Wildman–Crippen LogP) is 3.16. The molecule has 2 aromatic carbocycles. The first-order valence-corrected chi connectivity index (χ1v) is 9.17. The van der Waals surface area contributed by atoms with E-state index < -0.39 is 0 Å². The SMILES string of the molecule is Cc1ccc(C)c(C(=O)CCC(=O)N(C)Cc2nc3ccccc3c(=O)[nH]2)c1. The zero-order valence-electron chi connectivity index (χ0n) is 16.3. The van der Waals surface area contributed by atoms with Crippen molar-refractivity contribution in [2.75, 3.05) is 7.05 Å². The van der Waals surface area contributed by atoms with E-state index in [1.807, 2.05) is 38.1 Å². The summed E-state index contributed by atoms with van der Waals surface area (Å²) in [4.78, 5) is 45.6. The van der Waals surface area contributed by atoms with E-state index in [4.69, 9.17) is 0 Å². The second kappa shape index (κ2) is 8.17. The molecule has 28 heavy (non-hydrogen) atoms. The predicted molar refractivity (Wildman–Crippen MR) is 108 cm³/mol. The van der Waals surface area contributed by atoms with Crippen LogP contribution in [0.5, 0.6) is 0 Å². The van der Waals surface area contributed by atoms with Crippen LogP contribution in [-0.2, 0) is 11.3 Å². The number of amides is 1. The third-order valence-corrected chi connectivity index (χ3v) is 4.73. The number of ketones is 1. The van der Waals surface area contributed by atoms with Crippen LogP contribution in [0.2, 0.25) is 0 Å². The van der Waals surface area contributed by atoms with E-state index in [0.29, 0.717) is 22.3 Å². The van der Waals surface area contributed by atoms with Gasteiger partial charge in [-0.25, -0.2) is 4.98 Å². The Hall–Kier alpha value is -3.28. The van der Waals surface area contributed by atoms with Gasteiger partial charge in [0.15, 0.2) is 5.78 Å². The van der Waals surface area contributed by atoms with E-state index >= 15 is 0 Å². The quantitative estimate of drug-likeness (QED) is 0.669. The maximum Gasteiger partial charge on any atom is 0.258 e. The average Bonchev–Trinajstić information content (AvgIpc) is 2.67. The van der Waals surface area contributed by atoms with Crippen LogP contribution in [0.25, 0.3) is 10.9 Å². The van der Waals surface area contributed by atoms with Gasteiger partial charge in [0.05, 0.1) is 17.4 Å². The van der Waals surface area contributed by atoms with E-state index in [1.165, 1.54) is 4.90 Å². The van der Waals surface area contributed by atoms with Gasteiger partial charge in [-0.1, -0.05) is 29.8 Å². The number of nitrogens with zero attached hydrogens (tertiary/aromatic N) is 2. The molecule has 1 aromatic heterocycles. The monoisotopic (exact) mass is 377 g/mol. The van der Waals surface area contributed by atoms with E-state index in [2.05, 4.69) is 9.97 Å². The van der Waals surface area contributed by atoms with E-state index in [-0.39, 0.29) is 36.6 Å². The van der Waals surface area contributed by atoms with Crippen LogP contribution in [0.15, 0.2) is 47.3 Å². The number of hydrogen-bond acceptors (Lipinski definition) is 4. The maximum absolute atomic E-state index is 12.5. The number of aromatic amines is 1. The molecule has 0 unspecified atom stereocenters. The van der Waals surface area contributed by atoms with Crippen LogP contribution in [-0.4, -0.2) is 33.6 Å². The van der Waals surface area contributed by atoms with Crippen molar-refractivity contribution in [2.24, 2.45) is 0 Å². The van der Waals surface area contributed by atoms with E-state index in [9.17, 15) is 14.4 Å². The number of aromatic nitrogens is 2. The van der Waals surface area contributed by atoms with Gasteiger partial charge in [-0.3, -0.25) is 14.4 Å². The molecule has 3 rings (SSSR count). The molecule has 0 fully saturated rings. The molecule has 0 radical (unpaired) electrons. The number of benzene rings is 2. The van der Waals surface area contributed by atoms with Gasteiger partial charge in [0, 0.05) is 25.5 Å². The Morgan fingerprint density at radius 3 is 2.61 bits per heavy atom. The third kappa shape index (κ3) is 4.34. The van der Waals surface area contributed by atoms with Gasteiger partial charge in [0.2, 0.25) is 5.91 Å². The van der Waals surface area contributed by atoms with Gasteiger partial charge in [0.1, 0.15) is 5.82 Å². The number of fused-ring (bicyclic) bond motifs is 1. The maximum atomic E-state index is 12.5. The van der Waals surface area contributed by atoms with Crippen molar-refractivity contribution in [2.45, 2.75) is 33.2 Å². The zero-order chi connectivity index (χ0) is 20.3. The van der Waals surface area contributed by atoms with Crippen LogP contribution in [0.1, 0.15) is 40.2 Å². The van der Waals surface area contributed by atoms with Crippen molar-refractivity contribution in [1.29, 1.82) is 0 Å². The summed E-state index contributed by atoms with van der Waals surface area (Å²) in [5, 5.41) is 0.513. The molecule has 0 saturated heterocycles. The van der Waals surface area contributed by atoms with Crippen molar-refractivity contribution in [3.8, 4) is 0 Å². The van der Waals surface area contributed by atoms with Crippen LogP contribution in [0.4, 0.5) is 0 Å². The number of carbonyl (C=O) groups is 2. The fraction of sp³-hybridized carbons (Fsp3) is 0.273. The molecule has 0 bridgehead atoms. The van der Waals surface area contributed by atoms with E-state index in [1.54, 1.807) is 25.2 Å². The molecule has 144 valence electrons. The summed E-state index contributed by atoms with van der Waals surface area (Å²) in [5.74, 6) is 0.204. The minimum atomic E-state index is -0.230. The molecule has 1 amide bonds. The first kappa shape index (κ1) is 19.5. The lowest BCUT2D eigenvalue weighted by molar-refractivity contribution is -0.130. The molecule has 0 saturated carbocycles. The summed E-state index contributed by atoms with van der Waals surface area (Å²) in [6.45, 7) is 4.01. The molecular formula is C22H23N3O3. The summed E-state index contributed by atoms with van der Waals surface area (Å²) in [5.41, 5.74) is 2.95. The lowest BCUT2D eigenvalue weighted by Crippen LogP contribution is -2.28. The summed E-state index contributed by atoms with van der Waals surface area (Å²) in [6, 6.07) is 12.8. The van der Waals surface area contributed by atoms with Crippen molar-refractivity contribution in [3.05, 3.63) is 75.3 Å². The number of H-pyrrole nitrogens is 1. The summed E-state index contributed by atoms with van der Waals surface area (Å²) in [7, 11) is 1.64. The highest BCUT2D eigenvalue weighted by Crippen LogP contribution is 2.14. The lowest BCUT2D eigenvalue weighted by atomic mass is 9.99. The normalized spacial score (nSPS) is 10.8. The standard InChI is InChI=1S/C22H23N3O3/c1-14-8-9-15(2)17(12-14)19(26)10-11-21(27)25(3)13-20-23-18-7-5-4-6-16(18)22(28)24-20/h4-9,12H,10-11,13H2,1-3H3,(H,23,24,28). The molecule has 6 nitrogen and oxygen atoms in total. The number of aryl methyl sites for hydroxylation is 2. The Labute approximate surface area is 163 Å². The first-order chi connectivity index (χ1) is 13.3. The lowest BCUT2D eigenvalue weighted by Gasteiger charge is -2.16. The smallest absolute Gasteiger partial charge is 0.258 e. The third-order valence-electron chi connectivity index (χ3n) is 4.73. The van der Waals surface area contributed by atoms with Crippen molar-refractivity contribution in [1.82, 2.24) is 14.9 Å². The molecular weight excluding hydrogens is 354 g/mol. The summed E-state index contributed by atoms with van der Waals surface area (Å²) >= 11 is 0. The average molecular weight is 377 g/mol. The van der Waals surface area contributed by atoms with Gasteiger partial charge < -0.3 is 9.88 Å². The van der Waals surface area contributed by atoms with Crippen molar-refractivity contribution in [3.63, 3.8) is 0 Å². The van der Waals surface area contributed by atoms with Crippen LogP contribution < -0.4 is 5.56 Å². The molecule has 1 N–H and O–H groups in total. The molecule has 0 spiro atoms. The highest BCUT2D eigenvalue weighted by Gasteiger charge is 2.15. The Balaban J connectivity index is 1.64. The molecule has 0 aliphatic carbocycles. The minimum absolute atomic E-state index is 0.0415. The highest BCUT2D eigenvalue weighted by atomic mass is 16.2. The van der Waals surface area contributed by atoms with Crippen LogP contribution in [0, 0.1) is 13.8 Å². The number of Topliss-reactive ketones (excluding diaryl/α,β-unsaturated/α-hetero) is 1. The largest absolute Gasteiger partial charge is 0.338 e. The Kier molecular flexibility index (Phi) is 5.68. The summed E-state index contributed by atoms with van der Waals surface area (Å²) in [6.07, 6.45) is 0.260. The Morgan fingerprint density at radius 2 is 1.82 bits per heavy atom. The number of nitrogens with one attached hydrogen (secondary N) is 1. The second-order valence-electron chi connectivity index (χ2n) is 7.02. The number of hydrogen-bond donors (Lipinski definition) is 1. The van der Waals surface area contributed by atoms with Gasteiger partial charge in [-0.2, -0.15) is 0 Å². The van der Waals surface area contributed by atoms with Gasteiger partial charge in [0.25, 0.3) is 5.56 Å². The number of para-hydroxylation sites is 1. The first-order valence-electron chi connectivity index (χ1n) is 9.17. The number of carbonyl (C=O) groups excluding carboxylic acids is 2. The molecule has 3 aromatic rings. The Bertz CT molecular complexity index is 1100. The zero-order valence-corrected chi connectivity index (χ0v) is 16.3. The molecule has 1 heterocycles. The number of rotatable bonds is 6. The topological polar surface area (TPSA) is 83.1 Å². The van der Waals surface area contributed by atoms with Crippen molar-refractivity contribution < 1.29 is 9.59 Å². The van der Waals surface area contributed by atoms with Gasteiger partial charge >= 0.3 is 0 Å². The van der Waals surface area contributed by atoms with Crippen LogP contribution >= 0.6 is 0 Å².